The van der Waals surface area contributed by atoms with Crippen LogP contribution in [-0.4, -0.2) is 51.7 Å². The van der Waals surface area contributed by atoms with Crippen LogP contribution in [0.1, 0.15) is 20.8 Å². The van der Waals surface area contributed by atoms with Gasteiger partial charge >= 0.3 is 5.69 Å². The lowest BCUT2D eigenvalue weighted by Gasteiger charge is -2.19. The quantitative estimate of drug-likeness (QED) is 0.518. The Hall–Kier alpha value is -2.27. The zero-order valence-electron chi connectivity index (χ0n) is 17.8. The zero-order chi connectivity index (χ0) is 23.1. The third-order valence-electron chi connectivity index (χ3n) is 4.43. The van der Waals surface area contributed by atoms with E-state index in [1.165, 1.54) is 29.1 Å². The Morgan fingerprint density at radius 1 is 1.45 bits per heavy atom. The molecule has 0 aliphatic rings. The second-order valence-electron chi connectivity index (χ2n) is 6.87. The first-order valence-electron chi connectivity index (χ1n) is 9.55. The van der Waals surface area contributed by atoms with E-state index in [0.29, 0.717) is 20.6 Å². The SMILES string of the molecule is C/C=C(\C(F)=C(C)C)C(CO)NC(=O)Cn1nc(-c2ccc(Cl)s2)n(CCOC)c1=O. The summed E-state index contributed by atoms with van der Waals surface area (Å²) in [6.45, 7) is 4.45. The number of aliphatic hydroxyl groups is 1. The number of rotatable bonds is 10. The summed E-state index contributed by atoms with van der Waals surface area (Å²) in [5, 5.41) is 16.5. The van der Waals surface area contributed by atoms with E-state index in [2.05, 4.69) is 10.4 Å². The molecule has 2 aromatic heterocycles. The van der Waals surface area contributed by atoms with Gasteiger partial charge in [0, 0.05) is 12.7 Å². The molecule has 0 fully saturated rings. The fourth-order valence-corrected chi connectivity index (χ4v) is 3.95. The summed E-state index contributed by atoms with van der Waals surface area (Å²) in [5.41, 5.74) is 0.102. The lowest BCUT2D eigenvalue weighted by molar-refractivity contribution is -0.122. The highest BCUT2D eigenvalue weighted by molar-refractivity contribution is 7.19. The smallest absolute Gasteiger partial charge is 0.346 e. The minimum atomic E-state index is -0.950. The molecular formula is C20H26ClFN4O4S. The molecule has 0 aromatic carbocycles. The van der Waals surface area contributed by atoms with Crippen molar-refractivity contribution in [3.8, 4) is 10.7 Å². The number of hydrogen-bond donors (Lipinski definition) is 2. The average molecular weight is 473 g/mol. The van der Waals surface area contributed by atoms with Crippen molar-refractivity contribution in [2.24, 2.45) is 0 Å². The Bertz CT molecular complexity index is 1040. The van der Waals surface area contributed by atoms with Crippen molar-refractivity contribution in [3.63, 3.8) is 0 Å². The predicted octanol–water partition coefficient (Wildman–Crippen LogP) is 2.76. The van der Waals surface area contributed by atoms with Crippen molar-refractivity contribution in [1.82, 2.24) is 19.7 Å². The average Bonchev–Trinajstić information content (AvgIpc) is 3.29. The molecule has 1 amide bonds. The monoisotopic (exact) mass is 472 g/mol. The summed E-state index contributed by atoms with van der Waals surface area (Å²) < 4.78 is 22.4. The number of carbonyl (C=O) groups excluding carboxylic acids is 1. The summed E-state index contributed by atoms with van der Waals surface area (Å²) in [6, 6.07) is 2.49. The van der Waals surface area contributed by atoms with Crippen molar-refractivity contribution in [2.45, 2.75) is 39.9 Å². The van der Waals surface area contributed by atoms with Crippen LogP contribution in [0, 0.1) is 0 Å². The number of carbonyl (C=O) groups is 1. The fraction of sp³-hybridized carbons (Fsp3) is 0.450. The minimum absolute atomic E-state index is 0.169. The van der Waals surface area contributed by atoms with E-state index in [9.17, 15) is 19.1 Å². The second-order valence-corrected chi connectivity index (χ2v) is 8.59. The van der Waals surface area contributed by atoms with Gasteiger partial charge in [0.15, 0.2) is 5.82 Å². The van der Waals surface area contributed by atoms with Crippen LogP contribution in [0.4, 0.5) is 4.39 Å². The Labute approximate surface area is 188 Å². The molecule has 170 valence electrons. The van der Waals surface area contributed by atoms with Crippen molar-refractivity contribution in [3.05, 3.63) is 50.0 Å². The number of thiophene rings is 1. The van der Waals surface area contributed by atoms with E-state index in [4.69, 9.17) is 16.3 Å². The fourth-order valence-electron chi connectivity index (χ4n) is 2.91. The molecule has 2 heterocycles. The van der Waals surface area contributed by atoms with Gasteiger partial charge in [0.2, 0.25) is 5.91 Å². The summed E-state index contributed by atoms with van der Waals surface area (Å²) in [4.78, 5) is 26.1. The molecule has 0 aliphatic carbocycles. The van der Waals surface area contributed by atoms with E-state index in [0.717, 1.165) is 4.68 Å². The molecule has 11 heteroatoms. The second kappa shape index (κ2) is 11.4. The molecule has 0 spiro atoms. The molecule has 0 saturated heterocycles. The highest BCUT2D eigenvalue weighted by Gasteiger charge is 2.22. The van der Waals surface area contributed by atoms with Crippen LogP contribution in [0.3, 0.4) is 0 Å². The van der Waals surface area contributed by atoms with Crippen LogP contribution >= 0.6 is 22.9 Å². The number of nitrogens with one attached hydrogen (secondary N) is 1. The van der Waals surface area contributed by atoms with E-state index in [-0.39, 0.29) is 18.7 Å². The van der Waals surface area contributed by atoms with E-state index in [1.54, 1.807) is 32.9 Å². The molecule has 8 nitrogen and oxygen atoms in total. The van der Waals surface area contributed by atoms with Gasteiger partial charge in [-0.3, -0.25) is 9.36 Å². The topological polar surface area (TPSA) is 98.4 Å². The van der Waals surface area contributed by atoms with Crippen LogP contribution in [0.2, 0.25) is 4.34 Å². The number of methoxy groups -OCH3 is 1. The minimum Gasteiger partial charge on any atom is -0.394 e. The molecule has 31 heavy (non-hydrogen) atoms. The number of aliphatic hydroxyl groups excluding tert-OH is 1. The normalized spacial score (nSPS) is 12.7. The van der Waals surface area contributed by atoms with E-state index < -0.39 is 36.6 Å². The molecular weight excluding hydrogens is 447 g/mol. The Kier molecular flexibility index (Phi) is 9.17. The van der Waals surface area contributed by atoms with E-state index in [1.807, 2.05) is 0 Å². The number of hydrogen-bond acceptors (Lipinski definition) is 6. The molecule has 0 saturated carbocycles. The first kappa shape index (κ1) is 25.0. The lowest BCUT2D eigenvalue weighted by Crippen LogP contribution is -2.42. The van der Waals surface area contributed by atoms with Gasteiger partial charge in [-0.15, -0.1) is 16.4 Å². The van der Waals surface area contributed by atoms with Gasteiger partial charge in [0.25, 0.3) is 0 Å². The van der Waals surface area contributed by atoms with Gasteiger partial charge < -0.3 is 15.2 Å². The van der Waals surface area contributed by atoms with Gasteiger partial charge in [-0.2, -0.15) is 0 Å². The molecule has 1 atom stereocenters. The molecule has 0 radical (unpaired) electrons. The number of aromatic nitrogens is 3. The summed E-state index contributed by atoms with van der Waals surface area (Å²) >= 11 is 7.26. The maximum atomic E-state index is 14.4. The largest absolute Gasteiger partial charge is 0.394 e. The van der Waals surface area contributed by atoms with Crippen molar-refractivity contribution >= 4 is 28.8 Å². The molecule has 2 aromatic rings. The Morgan fingerprint density at radius 2 is 2.16 bits per heavy atom. The van der Waals surface area contributed by atoms with Gasteiger partial charge in [-0.25, -0.2) is 13.9 Å². The van der Waals surface area contributed by atoms with Crippen LogP contribution in [0.15, 0.2) is 40.0 Å². The maximum absolute atomic E-state index is 14.4. The summed E-state index contributed by atoms with van der Waals surface area (Å²) in [6.07, 6.45) is 1.49. The molecule has 2 N–H and O–H groups in total. The zero-order valence-corrected chi connectivity index (χ0v) is 19.4. The van der Waals surface area contributed by atoms with Crippen LogP contribution < -0.4 is 11.0 Å². The van der Waals surface area contributed by atoms with Crippen molar-refractivity contribution in [1.29, 1.82) is 0 Å². The van der Waals surface area contributed by atoms with Crippen molar-refractivity contribution < 1.29 is 19.0 Å². The molecule has 1 unspecified atom stereocenters. The van der Waals surface area contributed by atoms with Crippen LogP contribution in [0.25, 0.3) is 10.7 Å². The number of halogens is 2. The maximum Gasteiger partial charge on any atom is 0.346 e. The number of allylic oxidation sites excluding steroid dienone is 2. The lowest BCUT2D eigenvalue weighted by atomic mass is 10.0. The first-order chi connectivity index (χ1) is 14.7. The predicted molar refractivity (Wildman–Crippen MR) is 119 cm³/mol. The highest BCUT2D eigenvalue weighted by atomic mass is 35.5. The summed E-state index contributed by atoms with van der Waals surface area (Å²) in [7, 11) is 1.52. The Balaban J connectivity index is 2.29. The van der Waals surface area contributed by atoms with E-state index >= 15 is 0 Å². The van der Waals surface area contributed by atoms with Crippen molar-refractivity contribution in [2.75, 3.05) is 20.3 Å². The van der Waals surface area contributed by atoms with Crippen LogP contribution in [-0.2, 0) is 22.6 Å². The standard InChI is InChI=1S/C20H26ClFN4O4S/c1-5-13(18(22)12(2)3)14(11-27)23-17(28)10-26-20(29)25(8-9-30-4)19(24-26)15-6-7-16(21)31-15/h5-7,14,27H,8-11H2,1-4H3,(H,23,28)/b13-5-. The molecule has 2 rings (SSSR count). The van der Waals surface area contributed by atoms with Gasteiger partial charge in [-0.1, -0.05) is 17.7 Å². The first-order valence-corrected chi connectivity index (χ1v) is 10.7. The third-order valence-corrected chi connectivity index (χ3v) is 5.65. The third kappa shape index (κ3) is 6.13. The Morgan fingerprint density at radius 3 is 2.68 bits per heavy atom. The number of ether oxygens (including phenoxy) is 1. The number of nitrogens with zero attached hydrogens (tertiary/aromatic N) is 3. The van der Waals surface area contributed by atoms with Gasteiger partial charge in [-0.05, 0) is 38.5 Å². The molecule has 0 bridgehead atoms. The number of amides is 1. The molecule has 0 aliphatic heterocycles. The van der Waals surface area contributed by atoms with Crippen LogP contribution in [0.5, 0.6) is 0 Å². The summed E-state index contributed by atoms with van der Waals surface area (Å²) in [5.74, 6) is -0.718. The van der Waals surface area contributed by atoms with Gasteiger partial charge in [0.05, 0.1) is 35.0 Å². The van der Waals surface area contributed by atoms with Gasteiger partial charge in [0.1, 0.15) is 12.4 Å². The highest BCUT2D eigenvalue weighted by Crippen LogP contribution is 2.29.